The van der Waals surface area contributed by atoms with Crippen LogP contribution < -0.4 is 10.1 Å². The van der Waals surface area contributed by atoms with E-state index in [1.807, 2.05) is 13.0 Å². The van der Waals surface area contributed by atoms with Crippen molar-refractivity contribution in [2.75, 3.05) is 32.1 Å². The van der Waals surface area contributed by atoms with Crippen LogP contribution in [0.1, 0.15) is 29.8 Å². The monoisotopic (exact) mass is 556 g/mol. The van der Waals surface area contributed by atoms with E-state index in [1.165, 1.54) is 34.2 Å². The van der Waals surface area contributed by atoms with E-state index >= 15 is 0 Å². The Labute approximate surface area is 230 Å². The van der Waals surface area contributed by atoms with Gasteiger partial charge in [-0.05, 0) is 42.8 Å². The molecule has 2 heterocycles. The summed E-state index contributed by atoms with van der Waals surface area (Å²) in [6.07, 6.45) is -3.75. The SMILES string of the molecule is C[C@H](CO)N1C[C@H](C)[C@H](CN(C)C(=O)Nc2ccccc2)Oc2ncc(-c3cccc(C(F)(F)F)c3)cc2C1=O. The minimum Gasteiger partial charge on any atom is -0.472 e. The number of carbonyl (C=O) groups is 2. The van der Waals surface area contributed by atoms with Gasteiger partial charge in [0.25, 0.3) is 5.91 Å². The van der Waals surface area contributed by atoms with Gasteiger partial charge in [-0.1, -0.05) is 37.3 Å². The molecule has 2 N–H and O–H groups in total. The van der Waals surface area contributed by atoms with Crippen LogP contribution in [0.2, 0.25) is 0 Å². The van der Waals surface area contributed by atoms with E-state index in [-0.39, 0.29) is 48.7 Å². The second-order valence-corrected chi connectivity index (χ2v) is 9.95. The normalized spacial score (nSPS) is 18.2. The van der Waals surface area contributed by atoms with Crippen LogP contribution in [-0.4, -0.2) is 70.7 Å². The van der Waals surface area contributed by atoms with Crippen molar-refractivity contribution in [3.05, 3.63) is 78.0 Å². The van der Waals surface area contributed by atoms with Gasteiger partial charge in [-0.3, -0.25) is 4.79 Å². The molecule has 0 spiro atoms. The van der Waals surface area contributed by atoms with Gasteiger partial charge in [0, 0.05) is 37.0 Å². The lowest BCUT2D eigenvalue weighted by Gasteiger charge is -2.37. The van der Waals surface area contributed by atoms with Gasteiger partial charge >= 0.3 is 12.2 Å². The summed E-state index contributed by atoms with van der Waals surface area (Å²) in [7, 11) is 1.62. The number of urea groups is 1. The number of para-hydroxylation sites is 1. The molecule has 212 valence electrons. The van der Waals surface area contributed by atoms with E-state index < -0.39 is 29.8 Å². The Kier molecular flexibility index (Phi) is 8.63. The van der Waals surface area contributed by atoms with Crippen LogP contribution in [0.25, 0.3) is 11.1 Å². The number of nitrogens with one attached hydrogen (secondary N) is 1. The Bertz CT molecular complexity index is 1350. The number of hydrogen-bond donors (Lipinski definition) is 2. The van der Waals surface area contributed by atoms with Crippen molar-refractivity contribution in [2.45, 2.75) is 32.2 Å². The number of pyridine rings is 1. The molecule has 3 atom stereocenters. The molecular formula is C29H31F3N4O4. The van der Waals surface area contributed by atoms with Crippen molar-refractivity contribution >= 4 is 17.6 Å². The molecule has 40 heavy (non-hydrogen) atoms. The number of anilines is 1. The number of aliphatic hydroxyl groups is 1. The zero-order valence-corrected chi connectivity index (χ0v) is 22.4. The number of hydrogen-bond acceptors (Lipinski definition) is 5. The van der Waals surface area contributed by atoms with Gasteiger partial charge in [-0.2, -0.15) is 13.2 Å². The first-order chi connectivity index (χ1) is 19.0. The van der Waals surface area contributed by atoms with Crippen LogP contribution in [0.4, 0.5) is 23.7 Å². The molecule has 0 radical (unpaired) electrons. The van der Waals surface area contributed by atoms with Gasteiger partial charge in [-0.15, -0.1) is 0 Å². The Morgan fingerprint density at radius 2 is 1.90 bits per heavy atom. The molecule has 0 aliphatic carbocycles. The van der Waals surface area contributed by atoms with Crippen molar-refractivity contribution in [1.29, 1.82) is 0 Å². The molecule has 3 aromatic rings. The van der Waals surface area contributed by atoms with E-state index in [1.54, 1.807) is 38.2 Å². The topological polar surface area (TPSA) is 95.0 Å². The number of ether oxygens (including phenoxy) is 1. The number of benzene rings is 2. The number of carbonyl (C=O) groups excluding carboxylic acids is 2. The first-order valence-corrected chi connectivity index (χ1v) is 12.8. The summed E-state index contributed by atoms with van der Waals surface area (Å²) in [5, 5.41) is 12.7. The first-order valence-electron chi connectivity index (χ1n) is 12.8. The summed E-state index contributed by atoms with van der Waals surface area (Å²) in [5.41, 5.74) is 0.421. The maximum Gasteiger partial charge on any atom is 0.416 e. The molecule has 8 nitrogen and oxygen atoms in total. The van der Waals surface area contributed by atoms with Gasteiger partial charge < -0.3 is 25.0 Å². The minimum atomic E-state index is -4.53. The molecule has 1 aliphatic heterocycles. The predicted molar refractivity (Wildman–Crippen MR) is 144 cm³/mol. The highest BCUT2D eigenvalue weighted by Crippen LogP contribution is 2.34. The van der Waals surface area contributed by atoms with E-state index in [0.717, 1.165) is 12.1 Å². The number of likely N-dealkylation sites (N-methyl/N-ethyl adjacent to an activating group) is 1. The Morgan fingerprint density at radius 1 is 1.18 bits per heavy atom. The van der Waals surface area contributed by atoms with Crippen LogP contribution in [0.15, 0.2) is 66.9 Å². The second kappa shape index (κ2) is 12.0. The zero-order chi connectivity index (χ0) is 29.0. The number of halogens is 3. The number of fused-ring (bicyclic) bond motifs is 1. The molecule has 0 saturated carbocycles. The van der Waals surface area contributed by atoms with Gasteiger partial charge in [-0.25, -0.2) is 9.78 Å². The molecule has 3 amide bonds. The quantitative estimate of drug-likeness (QED) is 0.438. The molecule has 0 fully saturated rings. The maximum absolute atomic E-state index is 13.6. The van der Waals surface area contributed by atoms with Crippen LogP contribution in [0.3, 0.4) is 0 Å². The van der Waals surface area contributed by atoms with Gasteiger partial charge in [0.2, 0.25) is 5.88 Å². The van der Waals surface area contributed by atoms with Crippen molar-refractivity contribution in [3.63, 3.8) is 0 Å². The third-order valence-corrected chi connectivity index (χ3v) is 6.87. The largest absolute Gasteiger partial charge is 0.472 e. The molecule has 2 aromatic carbocycles. The zero-order valence-electron chi connectivity index (χ0n) is 22.4. The van der Waals surface area contributed by atoms with Crippen LogP contribution in [0, 0.1) is 5.92 Å². The van der Waals surface area contributed by atoms with Crippen LogP contribution >= 0.6 is 0 Å². The fourth-order valence-electron chi connectivity index (χ4n) is 4.45. The molecular weight excluding hydrogens is 525 g/mol. The molecule has 0 unspecified atom stereocenters. The van der Waals surface area contributed by atoms with E-state index in [0.29, 0.717) is 11.3 Å². The summed E-state index contributed by atoms with van der Waals surface area (Å²) < 4.78 is 46.1. The second-order valence-electron chi connectivity index (χ2n) is 9.95. The summed E-state index contributed by atoms with van der Waals surface area (Å²) in [5.74, 6) is -0.717. The highest BCUT2D eigenvalue weighted by atomic mass is 19.4. The molecule has 1 aromatic heterocycles. The molecule has 1 aliphatic rings. The number of alkyl halides is 3. The van der Waals surface area contributed by atoms with Gasteiger partial charge in [0.1, 0.15) is 11.7 Å². The Balaban J connectivity index is 1.66. The van der Waals surface area contributed by atoms with E-state index in [2.05, 4.69) is 10.3 Å². The summed E-state index contributed by atoms with van der Waals surface area (Å²) in [4.78, 5) is 33.8. The highest BCUT2D eigenvalue weighted by Gasteiger charge is 2.35. The fourth-order valence-corrected chi connectivity index (χ4v) is 4.45. The lowest BCUT2D eigenvalue weighted by atomic mass is 9.98. The summed E-state index contributed by atoms with van der Waals surface area (Å²) >= 11 is 0. The van der Waals surface area contributed by atoms with Crippen LogP contribution in [-0.2, 0) is 6.18 Å². The lowest BCUT2D eigenvalue weighted by molar-refractivity contribution is -0.137. The van der Waals surface area contributed by atoms with Crippen molar-refractivity contribution < 1.29 is 32.6 Å². The number of amides is 3. The highest BCUT2D eigenvalue weighted by molar-refractivity contribution is 5.98. The van der Waals surface area contributed by atoms with Crippen molar-refractivity contribution in [3.8, 4) is 17.0 Å². The molecule has 0 saturated heterocycles. The van der Waals surface area contributed by atoms with Gasteiger partial charge in [0.05, 0.1) is 24.8 Å². The van der Waals surface area contributed by atoms with E-state index in [4.69, 9.17) is 4.74 Å². The summed E-state index contributed by atoms with van der Waals surface area (Å²) in [6.45, 7) is 3.66. The number of aromatic nitrogens is 1. The predicted octanol–water partition coefficient (Wildman–Crippen LogP) is 5.15. The third-order valence-electron chi connectivity index (χ3n) is 6.87. The Hall–Kier alpha value is -4.12. The Morgan fingerprint density at radius 3 is 2.58 bits per heavy atom. The standard InChI is InChI=1S/C29H31F3N4O4/c1-18-15-36(19(2)17-37)27(38)24-13-21(20-8-7-9-22(12-20)29(30,31)32)14-33-26(24)40-25(18)16-35(3)28(39)34-23-10-5-4-6-11-23/h4-14,18-19,25,37H,15-17H2,1-3H3,(H,34,39)/t18-,19+,25-/m0/s1. The first kappa shape index (κ1) is 28.9. The summed E-state index contributed by atoms with van der Waals surface area (Å²) in [6, 6.07) is 14.3. The molecule has 4 rings (SSSR count). The third kappa shape index (κ3) is 6.53. The van der Waals surface area contributed by atoms with Gasteiger partial charge in [0.15, 0.2) is 0 Å². The maximum atomic E-state index is 13.6. The average Bonchev–Trinajstić information content (AvgIpc) is 2.94. The fraction of sp³-hybridized carbons (Fsp3) is 0.345. The number of nitrogens with zero attached hydrogens (tertiary/aromatic N) is 3. The van der Waals surface area contributed by atoms with Crippen molar-refractivity contribution in [2.24, 2.45) is 5.92 Å². The minimum absolute atomic E-state index is 0.00397. The van der Waals surface area contributed by atoms with Crippen molar-refractivity contribution in [1.82, 2.24) is 14.8 Å². The number of aliphatic hydroxyl groups excluding tert-OH is 1. The smallest absolute Gasteiger partial charge is 0.416 e. The molecule has 11 heteroatoms. The number of rotatable bonds is 6. The van der Waals surface area contributed by atoms with E-state index in [9.17, 15) is 27.9 Å². The molecule has 0 bridgehead atoms. The average molecular weight is 557 g/mol. The van der Waals surface area contributed by atoms with Crippen LogP contribution in [0.5, 0.6) is 5.88 Å². The lowest BCUT2D eigenvalue weighted by Crippen LogP contribution is -2.50.